The van der Waals surface area contributed by atoms with E-state index in [9.17, 15) is 0 Å². The van der Waals surface area contributed by atoms with E-state index >= 15 is 0 Å². The van der Waals surface area contributed by atoms with Crippen molar-refractivity contribution in [2.24, 2.45) is 0 Å². The highest BCUT2D eigenvalue weighted by Gasteiger charge is 2.02. The van der Waals surface area contributed by atoms with Gasteiger partial charge in [0, 0.05) is 23.7 Å². The molecule has 6 heteroatoms. The second-order valence-corrected chi connectivity index (χ2v) is 4.96. The van der Waals surface area contributed by atoms with Gasteiger partial charge in [-0.1, -0.05) is 6.92 Å². The molecule has 0 atom stereocenters. The smallest absolute Gasteiger partial charge is 0.124 e. The third kappa shape index (κ3) is 3.71. The summed E-state index contributed by atoms with van der Waals surface area (Å²) in [6.07, 6.45) is 4.85. The van der Waals surface area contributed by atoms with E-state index in [4.69, 9.17) is 0 Å². The summed E-state index contributed by atoms with van der Waals surface area (Å²) in [6.45, 7) is 5.95. The van der Waals surface area contributed by atoms with E-state index in [0.29, 0.717) is 0 Å². The molecular formula is C11H17ClN4S. The minimum absolute atomic E-state index is 0. The summed E-state index contributed by atoms with van der Waals surface area (Å²) >= 11 is 1.73. The van der Waals surface area contributed by atoms with Crippen molar-refractivity contribution >= 4 is 29.6 Å². The Hall–Kier alpha value is -1.07. The Kier molecular flexibility index (Phi) is 5.44. The van der Waals surface area contributed by atoms with Gasteiger partial charge in [0.1, 0.15) is 5.82 Å². The Morgan fingerprint density at radius 2 is 2.29 bits per heavy atom. The molecule has 0 aliphatic carbocycles. The van der Waals surface area contributed by atoms with Gasteiger partial charge in [0.2, 0.25) is 0 Å². The Bertz CT molecular complexity index is 452. The van der Waals surface area contributed by atoms with Crippen LogP contribution < -0.4 is 5.32 Å². The molecule has 0 aliphatic rings. The third-order valence-corrected chi connectivity index (χ3v) is 3.18. The number of hydrogen-bond donors (Lipinski definition) is 1. The zero-order valence-electron chi connectivity index (χ0n) is 10.0. The van der Waals surface area contributed by atoms with E-state index in [2.05, 4.69) is 22.3 Å². The number of rotatable bonds is 5. The second kappa shape index (κ2) is 6.61. The van der Waals surface area contributed by atoms with Crippen molar-refractivity contribution in [1.82, 2.24) is 14.8 Å². The summed E-state index contributed by atoms with van der Waals surface area (Å²) in [7, 11) is 0. The molecule has 0 fully saturated rings. The summed E-state index contributed by atoms with van der Waals surface area (Å²) in [5, 5.41) is 8.75. The van der Waals surface area contributed by atoms with E-state index < -0.39 is 0 Å². The van der Waals surface area contributed by atoms with Crippen LogP contribution in [0.2, 0.25) is 0 Å². The SMILES string of the molecule is CCCn1nccc1NCc1cnc(C)s1.Cl. The molecule has 0 aliphatic heterocycles. The predicted octanol–water partition coefficient (Wildman–Crippen LogP) is 3.09. The summed E-state index contributed by atoms with van der Waals surface area (Å²) in [5.41, 5.74) is 0. The lowest BCUT2D eigenvalue weighted by Gasteiger charge is -2.07. The fourth-order valence-electron chi connectivity index (χ4n) is 1.54. The fourth-order valence-corrected chi connectivity index (χ4v) is 2.27. The van der Waals surface area contributed by atoms with Crippen LogP contribution in [0.15, 0.2) is 18.5 Å². The van der Waals surface area contributed by atoms with Crippen molar-refractivity contribution < 1.29 is 0 Å². The molecule has 2 aromatic rings. The first kappa shape index (κ1) is 14.0. The molecule has 2 rings (SSSR count). The van der Waals surface area contributed by atoms with Crippen LogP contribution in [0.4, 0.5) is 5.82 Å². The first-order valence-electron chi connectivity index (χ1n) is 5.46. The van der Waals surface area contributed by atoms with Gasteiger partial charge >= 0.3 is 0 Å². The topological polar surface area (TPSA) is 42.7 Å². The van der Waals surface area contributed by atoms with Crippen LogP contribution in [-0.2, 0) is 13.1 Å². The second-order valence-electron chi connectivity index (χ2n) is 3.64. The molecular weight excluding hydrogens is 256 g/mol. The van der Waals surface area contributed by atoms with E-state index in [1.807, 2.05) is 30.1 Å². The van der Waals surface area contributed by atoms with Gasteiger partial charge in [0.25, 0.3) is 0 Å². The lowest BCUT2D eigenvalue weighted by molar-refractivity contribution is 0.607. The molecule has 4 nitrogen and oxygen atoms in total. The van der Waals surface area contributed by atoms with Gasteiger partial charge in [-0.3, -0.25) is 0 Å². The molecule has 2 heterocycles. The van der Waals surface area contributed by atoms with Crippen molar-refractivity contribution in [3.63, 3.8) is 0 Å². The lowest BCUT2D eigenvalue weighted by atomic mass is 10.4. The van der Waals surface area contributed by atoms with Crippen molar-refractivity contribution in [2.75, 3.05) is 5.32 Å². The first-order chi connectivity index (χ1) is 7.79. The van der Waals surface area contributed by atoms with Crippen molar-refractivity contribution in [3.8, 4) is 0 Å². The number of thiazole rings is 1. The molecule has 94 valence electrons. The fraction of sp³-hybridized carbons (Fsp3) is 0.455. The van der Waals surface area contributed by atoms with Gasteiger partial charge in [0.05, 0.1) is 17.7 Å². The zero-order valence-corrected chi connectivity index (χ0v) is 11.6. The summed E-state index contributed by atoms with van der Waals surface area (Å²) in [6, 6.07) is 2.00. The first-order valence-corrected chi connectivity index (χ1v) is 6.28. The molecule has 2 aromatic heterocycles. The van der Waals surface area contributed by atoms with Crippen LogP contribution in [0.5, 0.6) is 0 Å². The van der Waals surface area contributed by atoms with E-state index in [1.54, 1.807) is 11.3 Å². The molecule has 0 spiro atoms. The number of aryl methyl sites for hydroxylation is 2. The van der Waals surface area contributed by atoms with Gasteiger partial charge in [-0.05, 0) is 13.3 Å². The third-order valence-electron chi connectivity index (χ3n) is 2.26. The highest BCUT2D eigenvalue weighted by molar-refractivity contribution is 7.11. The van der Waals surface area contributed by atoms with Crippen molar-refractivity contribution in [1.29, 1.82) is 0 Å². The minimum Gasteiger partial charge on any atom is -0.365 e. The van der Waals surface area contributed by atoms with Crippen molar-refractivity contribution in [2.45, 2.75) is 33.4 Å². The lowest BCUT2D eigenvalue weighted by Crippen LogP contribution is -2.07. The predicted molar refractivity (Wildman–Crippen MR) is 73.9 cm³/mol. The zero-order chi connectivity index (χ0) is 11.4. The summed E-state index contributed by atoms with van der Waals surface area (Å²) in [4.78, 5) is 5.48. The standard InChI is InChI=1S/C11H16N4S.ClH/c1-3-6-15-11(4-5-14-15)13-8-10-7-12-9(2)16-10;/h4-5,7,13H,3,6,8H2,1-2H3;1H. The molecule has 0 bridgehead atoms. The number of aromatic nitrogens is 3. The van der Waals surface area contributed by atoms with Gasteiger partial charge in [-0.2, -0.15) is 5.10 Å². The maximum atomic E-state index is 4.27. The Morgan fingerprint density at radius 3 is 2.94 bits per heavy atom. The average Bonchev–Trinajstić information content (AvgIpc) is 2.85. The number of anilines is 1. The molecule has 0 amide bonds. The maximum absolute atomic E-state index is 4.27. The summed E-state index contributed by atoms with van der Waals surface area (Å²) in [5.74, 6) is 1.08. The van der Waals surface area contributed by atoms with Gasteiger partial charge in [-0.25, -0.2) is 9.67 Å². The van der Waals surface area contributed by atoms with Crippen LogP contribution in [0.25, 0.3) is 0 Å². The van der Waals surface area contributed by atoms with E-state index in [0.717, 1.165) is 30.3 Å². The highest BCUT2D eigenvalue weighted by atomic mass is 35.5. The maximum Gasteiger partial charge on any atom is 0.124 e. The highest BCUT2D eigenvalue weighted by Crippen LogP contribution is 2.14. The quantitative estimate of drug-likeness (QED) is 0.910. The molecule has 0 saturated heterocycles. The van der Waals surface area contributed by atoms with Gasteiger partial charge < -0.3 is 5.32 Å². The number of nitrogens with one attached hydrogen (secondary N) is 1. The van der Waals surface area contributed by atoms with Crippen LogP contribution in [0, 0.1) is 6.92 Å². The van der Waals surface area contributed by atoms with Gasteiger partial charge in [0.15, 0.2) is 0 Å². The number of nitrogens with zero attached hydrogens (tertiary/aromatic N) is 3. The summed E-state index contributed by atoms with van der Waals surface area (Å²) < 4.78 is 1.99. The van der Waals surface area contributed by atoms with E-state index in [1.165, 1.54) is 4.88 Å². The average molecular weight is 273 g/mol. The number of hydrogen-bond acceptors (Lipinski definition) is 4. The number of halogens is 1. The Morgan fingerprint density at radius 1 is 1.47 bits per heavy atom. The Labute approximate surface area is 111 Å². The van der Waals surface area contributed by atoms with Gasteiger partial charge in [-0.15, -0.1) is 23.7 Å². The molecule has 0 aromatic carbocycles. The monoisotopic (exact) mass is 272 g/mol. The van der Waals surface area contributed by atoms with E-state index in [-0.39, 0.29) is 12.4 Å². The van der Waals surface area contributed by atoms with Crippen LogP contribution in [0.1, 0.15) is 23.2 Å². The molecule has 0 radical (unpaired) electrons. The Balaban J connectivity index is 0.00000144. The van der Waals surface area contributed by atoms with Crippen LogP contribution in [-0.4, -0.2) is 14.8 Å². The van der Waals surface area contributed by atoms with Crippen LogP contribution in [0.3, 0.4) is 0 Å². The largest absolute Gasteiger partial charge is 0.365 e. The molecule has 17 heavy (non-hydrogen) atoms. The normalized spacial score (nSPS) is 10.0. The van der Waals surface area contributed by atoms with Crippen LogP contribution >= 0.6 is 23.7 Å². The molecule has 1 N–H and O–H groups in total. The molecule has 0 unspecified atom stereocenters. The van der Waals surface area contributed by atoms with Crippen molar-refractivity contribution in [3.05, 3.63) is 28.3 Å². The molecule has 0 saturated carbocycles. The minimum atomic E-state index is 0.